The molecule has 26 heavy (non-hydrogen) atoms. The molecule has 3 aromatic rings. The molecule has 0 saturated carbocycles. The minimum Gasteiger partial charge on any atom is -0.497 e. The van der Waals surface area contributed by atoms with Crippen molar-refractivity contribution in [2.24, 2.45) is 0 Å². The van der Waals surface area contributed by atoms with E-state index < -0.39 is 0 Å². The zero-order valence-corrected chi connectivity index (χ0v) is 15.3. The maximum atomic E-state index is 6.21. The first kappa shape index (κ1) is 16.9. The Hall–Kier alpha value is -2.53. The van der Waals surface area contributed by atoms with E-state index in [1.54, 1.807) is 7.11 Å². The Labute approximate surface area is 154 Å². The molecule has 2 aromatic carbocycles. The molecule has 136 valence electrons. The molecule has 1 saturated heterocycles. The third-order valence-corrected chi connectivity index (χ3v) is 5.42. The lowest BCUT2D eigenvalue weighted by atomic mass is 10.0. The molecule has 0 spiro atoms. The zero-order chi connectivity index (χ0) is 17.9. The first-order chi connectivity index (χ1) is 12.7. The van der Waals surface area contributed by atoms with Crippen molar-refractivity contribution in [1.82, 2.24) is 14.5 Å². The minimum absolute atomic E-state index is 0.444. The topological polar surface area (TPSA) is 56.3 Å². The lowest BCUT2D eigenvalue weighted by Crippen LogP contribution is -2.36. The molecule has 4 rings (SSSR count). The van der Waals surface area contributed by atoms with Gasteiger partial charge in [-0.05, 0) is 49.1 Å². The Morgan fingerprint density at radius 3 is 2.54 bits per heavy atom. The maximum Gasteiger partial charge on any atom is 0.201 e. The number of imidazole rings is 1. The highest BCUT2D eigenvalue weighted by Crippen LogP contribution is 2.29. The smallest absolute Gasteiger partial charge is 0.201 e. The fourth-order valence-electron chi connectivity index (χ4n) is 3.93. The lowest BCUT2D eigenvalue weighted by Gasteiger charge is -2.33. The number of likely N-dealkylation sites (tertiary alicyclic amines) is 1. The predicted molar refractivity (Wildman–Crippen MR) is 106 cm³/mol. The van der Waals surface area contributed by atoms with Crippen LogP contribution in [0.25, 0.3) is 11.0 Å². The molecule has 5 heteroatoms. The van der Waals surface area contributed by atoms with E-state index >= 15 is 0 Å². The molecule has 2 heterocycles. The number of rotatable bonds is 5. The van der Waals surface area contributed by atoms with Gasteiger partial charge in [-0.1, -0.05) is 24.3 Å². The molecular formula is C21H26N4O. The monoisotopic (exact) mass is 350 g/mol. The fourth-order valence-corrected chi connectivity index (χ4v) is 3.93. The van der Waals surface area contributed by atoms with Gasteiger partial charge in [0.25, 0.3) is 0 Å². The highest BCUT2D eigenvalue weighted by molar-refractivity contribution is 5.78. The Bertz CT molecular complexity index is 863. The van der Waals surface area contributed by atoms with Gasteiger partial charge in [-0.2, -0.15) is 0 Å². The first-order valence-corrected chi connectivity index (χ1v) is 9.32. The summed E-state index contributed by atoms with van der Waals surface area (Å²) in [7, 11) is 1.70. The summed E-state index contributed by atoms with van der Waals surface area (Å²) >= 11 is 0. The van der Waals surface area contributed by atoms with Crippen molar-refractivity contribution in [3.05, 3.63) is 54.1 Å². The second-order valence-corrected chi connectivity index (χ2v) is 7.00. The summed E-state index contributed by atoms with van der Waals surface area (Å²) < 4.78 is 7.46. The van der Waals surface area contributed by atoms with Gasteiger partial charge in [0, 0.05) is 25.7 Å². The van der Waals surface area contributed by atoms with E-state index in [-0.39, 0.29) is 0 Å². The molecular weight excluding hydrogens is 324 g/mol. The highest BCUT2D eigenvalue weighted by atomic mass is 16.5. The van der Waals surface area contributed by atoms with Crippen molar-refractivity contribution in [3.63, 3.8) is 0 Å². The molecule has 1 aliphatic rings. The number of methoxy groups -OCH3 is 1. The molecule has 0 atom stereocenters. The number of nitrogen functional groups attached to an aromatic ring is 1. The Morgan fingerprint density at radius 1 is 1.08 bits per heavy atom. The molecule has 5 nitrogen and oxygen atoms in total. The van der Waals surface area contributed by atoms with Gasteiger partial charge in [-0.15, -0.1) is 0 Å². The molecule has 0 amide bonds. The van der Waals surface area contributed by atoms with Crippen molar-refractivity contribution in [1.29, 1.82) is 0 Å². The number of benzene rings is 2. The van der Waals surface area contributed by atoms with Crippen molar-refractivity contribution in [2.45, 2.75) is 25.3 Å². The van der Waals surface area contributed by atoms with Crippen LogP contribution in [0.3, 0.4) is 0 Å². The number of nitrogens with zero attached hydrogens (tertiary/aromatic N) is 3. The molecule has 1 aromatic heterocycles. The van der Waals surface area contributed by atoms with Gasteiger partial charge in [0.15, 0.2) is 0 Å². The molecule has 0 unspecified atom stereocenters. The SMILES string of the molecule is COc1ccc(CCN2CCC(n3c(N)nc4ccccc43)CC2)cc1. The van der Waals surface area contributed by atoms with Gasteiger partial charge < -0.3 is 19.9 Å². The average Bonchev–Trinajstić information content (AvgIpc) is 3.03. The molecule has 1 aliphatic heterocycles. The van der Waals surface area contributed by atoms with Crippen molar-refractivity contribution >= 4 is 17.0 Å². The normalized spacial score (nSPS) is 16.2. The second kappa shape index (κ2) is 7.38. The minimum atomic E-state index is 0.444. The van der Waals surface area contributed by atoms with Crippen molar-refractivity contribution in [3.8, 4) is 5.75 Å². The number of fused-ring (bicyclic) bond motifs is 1. The number of ether oxygens (including phenoxy) is 1. The zero-order valence-electron chi connectivity index (χ0n) is 15.3. The van der Waals surface area contributed by atoms with Gasteiger partial charge in [-0.3, -0.25) is 0 Å². The van der Waals surface area contributed by atoms with Gasteiger partial charge in [0.1, 0.15) is 5.75 Å². The first-order valence-electron chi connectivity index (χ1n) is 9.32. The number of hydrogen-bond donors (Lipinski definition) is 1. The summed E-state index contributed by atoms with van der Waals surface area (Å²) in [4.78, 5) is 7.07. The maximum absolute atomic E-state index is 6.21. The van der Waals surface area contributed by atoms with Crippen LogP contribution in [0.2, 0.25) is 0 Å². The second-order valence-electron chi connectivity index (χ2n) is 7.00. The molecule has 2 N–H and O–H groups in total. The van der Waals surface area contributed by atoms with Gasteiger partial charge in [0.05, 0.1) is 18.1 Å². The summed E-state index contributed by atoms with van der Waals surface area (Å²) in [6, 6.07) is 17.1. The molecule has 1 fully saturated rings. The summed E-state index contributed by atoms with van der Waals surface area (Å²) in [6.07, 6.45) is 3.31. The molecule has 0 radical (unpaired) electrons. The standard InChI is InChI=1S/C21H26N4O/c1-26-18-8-6-16(7-9-18)10-13-24-14-11-17(12-15-24)25-20-5-3-2-4-19(20)23-21(25)22/h2-9,17H,10-15H2,1H3,(H2,22,23). The lowest BCUT2D eigenvalue weighted by molar-refractivity contribution is 0.191. The Balaban J connectivity index is 1.35. The summed E-state index contributed by atoms with van der Waals surface area (Å²) in [5.41, 5.74) is 9.71. The van der Waals surface area contributed by atoms with Crippen LogP contribution in [0.1, 0.15) is 24.4 Å². The van der Waals surface area contributed by atoms with Crippen LogP contribution in [0, 0.1) is 0 Å². The summed E-state index contributed by atoms with van der Waals surface area (Å²) in [5, 5.41) is 0. The van der Waals surface area contributed by atoms with Crippen LogP contribution < -0.4 is 10.5 Å². The average molecular weight is 350 g/mol. The van der Waals surface area contributed by atoms with E-state index in [0.717, 1.165) is 55.7 Å². The van der Waals surface area contributed by atoms with E-state index in [4.69, 9.17) is 10.5 Å². The van der Waals surface area contributed by atoms with E-state index in [9.17, 15) is 0 Å². The third-order valence-electron chi connectivity index (χ3n) is 5.42. The van der Waals surface area contributed by atoms with Gasteiger partial charge in [-0.25, -0.2) is 4.98 Å². The summed E-state index contributed by atoms with van der Waals surface area (Å²) in [6.45, 7) is 3.30. The van der Waals surface area contributed by atoms with Gasteiger partial charge in [0.2, 0.25) is 5.95 Å². The van der Waals surface area contributed by atoms with Gasteiger partial charge >= 0.3 is 0 Å². The van der Waals surface area contributed by atoms with Crippen LogP contribution in [-0.4, -0.2) is 41.2 Å². The number of anilines is 1. The number of piperidine rings is 1. The number of para-hydroxylation sites is 2. The largest absolute Gasteiger partial charge is 0.497 e. The Morgan fingerprint density at radius 2 is 1.81 bits per heavy atom. The van der Waals surface area contributed by atoms with E-state index in [1.165, 1.54) is 5.56 Å². The third kappa shape index (κ3) is 3.40. The van der Waals surface area contributed by atoms with Crippen LogP contribution in [0.15, 0.2) is 48.5 Å². The van der Waals surface area contributed by atoms with Crippen molar-refractivity contribution < 1.29 is 4.74 Å². The van der Waals surface area contributed by atoms with E-state index in [0.29, 0.717) is 12.0 Å². The van der Waals surface area contributed by atoms with Crippen LogP contribution in [0.5, 0.6) is 5.75 Å². The molecule has 0 bridgehead atoms. The summed E-state index contributed by atoms with van der Waals surface area (Å²) in [5.74, 6) is 1.56. The number of aromatic nitrogens is 2. The number of nitrogens with two attached hydrogens (primary N) is 1. The predicted octanol–water partition coefficient (Wildman–Crippen LogP) is 3.51. The number of hydrogen-bond acceptors (Lipinski definition) is 4. The van der Waals surface area contributed by atoms with Crippen LogP contribution >= 0.6 is 0 Å². The van der Waals surface area contributed by atoms with E-state index in [2.05, 4.69) is 38.7 Å². The van der Waals surface area contributed by atoms with Crippen molar-refractivity contribution in [2.75, 3.05) is 32.5 Å². The van der Waals surface area contributed by atoms with E-state index in [1.807, 2.05) is 24.3 Å². The van der Waals surface area contributed by atoms with Crippen LogP contribution in [0.4, 0.5) is 5.95 Å². The quantitative estimate of drug-likeness (QED) is 0.765. The fraction of sp³-hybridized carbons (Fsp3) is 0.381. The Kier molecular flexibility index (Phi) is 4.80. The van der Waals surface area contributed by atoms with Crippen LogP contribution in [-0.2, 0) is 6.42 Å². The highest BCUT2D eigenvalue weighted by Gasteiger charge is 2.23. The molecule has 0 aliphatic carbocycles.